The molecule has 7 heteroatoms. The Morgan fingerprint density at radius 2 is 1.81 bits per heavy atom. The van der Waals surface area contributed by atoms with Gasteiger partial charge in [-0.3, -0.25) is 4.79 Å². The van der Waals surface area contributed by atoms with E-state index in [0.717, 1.165) is 0 Å². The summed E-state index contributed by atoms with van der Waals surface area (Å²) in [5.41, 5.74) is 0.554. The van der Waals surface area contributed by atoms with Crippen molar-refractivity contribution in [2.24, 2.45) is 0 Å². The molecular formula is C20H24BrNO5. The number of carbonyl (C=O) groups is 2. The fraction of sp³-hybridized carbons (Fsp3) is 0.300. The van der Waals surface area contributed by atoms with Gasteiger partial charge in [-0.1, -0.05) is 22.0 Å². The van der Waals surface area contributed by atoms with E-state index in [1.807, 2.05) is 26.8 Å². The van der Waals surface area contributed by atoms with E-state index in [4.69, 9.17) is 9.47 Å². The Balaban J connectivity index is 3.18. The van der Waals surface area contributed by atoms with Crippen molar-refractivity contribution in [3.63, 3.8) is 0 Å². The Hall–Kier alpha value is -2.54. The van der Waals surface area contributed by atoms with Gasteiger partial charge in [-0.2, -0.15) is 0 Å². The monoisotopic (exact) mass is 437 g/mol. The van der Waals surface area contributed by atoms with Gasteiger partial charge in [-0.25, -0.2) is 4.79 Å². The second-order valence-electron chi connectivity index (χ2n) is 5.37. The van der Waals surface area contributed by atoms with Crippen LogP contribution in [0, 0.1) is 0 Å². The van der Waals surface area contributed by atoms with Gasteiger partial charge in [-0.15, -0.1) is 0 Å². The lowest BCUT2D eigenvalue weighted by Gasteiger charge is -2.13. The van der Waals surface area contributed by atoms with Crippen LogP contribution in [0.3, 0.4) is 0 Å². The highest BCUT2D eigenvalue weighted by atomic mass is 79.9. The maximum absolute atomic E-state index is 12.5. The molecule has 1 amide bonds. The van der Waals surface area contributed by atoms with Crippen LogP contribution in [-0.4, -0.2) is 30.2 Å². The molecule has 1 rings (SSSR count). The van der Waals surface area contributed by atoms with Gasteiger partial charge >= 0.3 is 5.97 Å². The molecule has 1 aromatic carbocycles. The molecule has 0 aliphatic carbocycles. The molecule has 1 aromatic rings. The van der Waals surface area contributed by atoms with E-state index >= 15 is 0 Å². The van der Waals surface area contributed by atoms with E-state index in [1.54, 1.807) is 25.1 Å². The van der Waals surface area contributed by atoms with Gasteiger partial charge in [0.15, 0.2) is 11.5 Å². The predicted molar refractivity (Wildman–Crippen MR) is 109 cm³/mol. The summed E-state index contributed by atoms with van der Waals surface area (Å²) in [7, 11) is 0. The summed E-state index contributed by atoms with van der Waals surface area (Å²) < 4.78 is 11.8. The lowest BCUT2D eigenvalue weighted by molar-refractivity contribution is -0.112. The number of allylic oxidation sites excluding steroid dienone is 3. The third-order valence-corrected chi connectivity index (χ3v) is 3.82. The highest BCUT2D eigenvalue weighted by molar-refractivity contribution is 9.10. The van der Waals surface area contributed by atoms with Gasteiger partial charge in [0.05, 0.1) is 24.5 Å². The van der Waals surface area contributed by atoms with Crippen molar-refractivity contribution in [1.82, 2.24) is 0 Å². The van der Waals surface area contributed by atoms with Crippen molar-refractivity contribution in [2.75, 3.05) is 18.5 Å². The SMILES string of the molecule is C\C=C/C(OCC)=C(\C=C(/C)C(=O)Nc1ccc(Br)cc1C(=O)O)OCC. The molecule has 0 aliphatic rings. The van der Waals surface area contributed by atoms with Crippen LogP contribution in [0.15, 0.2) is 58.0 Å². The van der Waals surface area contributed by atoms with Crippen LogP contribution < -0.4 is 5.32 Å². The number of carboxylic acids is 1. The maximum Gasteiger partial charge on any atom is 0.337 e. The number of amides is 1. The van der Waals surface area contributed by atoms with E-state index in [1.165, 1.54) is 12.1 Å². The molecule has 146 valence electrons. The molecule has 0 bridgehead atoms. The summed E-state index contributed by atoms with van der Waals surface area (Å²) >= 11 is 3.22. The van der Waals surface area contributed by atoms with Crippen molar-refractivity contribution < 1.29 is 24.2 Å². The average Bonchev–Trinajstić information content (AvgIpc) is 2.62. The first-order valence-electron chi connectivity index (χ1n) is 8.49. The first kappa shape index (κ1) is 22.5. The zero-order valence-corrected chi connectivity index (χ0v) is 17.4. The minimum absolute atomic E-state index is 0.00461. The van der Waals surface area contributed by atoms with E-state index in [9.17, 15) is 14.7 Å². The number of halogens is 1. The summed E-state index contributed by atoms with van der Waals surface area (Å²) in [5, 5.41) is 11.9. The highest BCUT2D eigenvalue weighted by Crippen LogP contribution is 2.22. The van der Waals surface area contributed by atoms with E-state index in [-0.39, 0.29) is 11.3 Å². The van der Waals surface area contributed by atoms with Crippen molar-refractivity contribution in [3.8, 4) is 0 Å². The molecule has 27 heavy (non-hydrogen) atoms. The Labute approximate surface area is 167 Å². The van der Waals surface area contributed by atoms with Crippen molar-refractivity contribution >= 4 is 33.5 Å². The van der Waals surface area contributed by atoms with Gasteiger partial charge in [0, 0.05) is 10.0 Å². The molecule has 6 nitrogen and oxygen atoms in total. The van der Waals surface area contributed by atoms with E-state index in [2.05, 4.69) is 21.2 Å². The highest BCUT2D eigenvalue weighted by Gasteiger charge is 2.15. The number of carbonyl (C=O) groups excluding carboxylic acids is 1. The fourth-order valence-electron chi connectivity index (χ4n) is 2.13. The molecule has 2 N–H and O–H groups in total. The molecule has 0 unspecified atom stereocenters. The third-order valence-electron chi connectivity index (χ3n) is 3.33. The Bertz CT molecular complexity index is 781. The molecule has 0 saturated heterocycles. The normalized spacial score (nSPS) is 12.6. The molecule has 0 atom stereocenters. The fourth-order valence-corrected chi connectivity index (χ4v) is 2.49. The van der Waals surface area contributed by atoms with Crippen LogP contribution in [0.2, 0.25) is 0 Å². The Morgan fingerprint density at radius 3 is 2.37 bits per heavy atom. The number of ether oxygens (including phenoxy) is 2. The predicted octanol–water partition coefficient (Wildman–Crippen LogP) is 4.89. The first-order chi connectivity index (χ1) is 12.8. The number of carboxylic acid groups (broad SMARTS) is 1. The van der Waals surface area contributed by atoms with Crippen LogP contribution in [0.4, 0.5) is 5.69 Å². The van der Waals surface area contributed by atoms with Gasteiger partial charge in [0.2, 0.25) is 0 Å². The second-order valence-corrected chi connectivity index (χ2v) is 6.29. The zero-order chi connectivity index (χ0) is 20.4. The number of benzene rings is 1. The number of hydrogen-bond acceptors (Lipinski definition) is 4. The third kappa shape index (κ3) is 6.94. The Morgan fingerprint density at radius 1 is 1.19 bits per heavy atom. The summed E-state index contributed by atoms with van der Waals surface area (Å²) in [6.07, 6.45) is 5.14. The Kier molecular flexibility index (Phi) is 9.36. The minimum atomic E-state index is -1.13. The molecule has 0 radical (unpaired) electrons. The molecule has 0 aliphatic heterocycles. The van der Waals surface area contributed by atoms with Gasteiger partial charge in [0.25, 0.3) is 5.91 Å². The quantitative estimate of drug-likeness (QED) is 0.326. The van der Waals surface area contributed by atoms with E-state index < -0.39 is 11.9 Å². The van der Waals surface area contributed by atoms with Gasteiger partial charge < -0.3 is 19.9 Å². The van der Waals surface area contributed by atoms with Crippen molar-refractivity contribution in [1.29, 1.82) is 0 Å². The molecule has 0 aromatic heterocycles. The number of hydrogen-bond donors (Lipinski definition) is 2. The van der Waals surface area contributed by atoms with Crippen LogP contribution in [0.25, 0.3) is 0 Å². The number of aromatic carboxylic acids is 1. The standard InChI is InChI=1S/C20H24BrNO5/c1-5-8-17(26-6-2)18(27-7-3)11-13(4)19(23)22-16-10-9-14(21)12-15(16)20(24)25/h5,8-12H,6-7H2,1-4H3,(H,22,23)(H,24,25)/b8-5-,13-11+,18-17-. The first-order valence-corrected chi connectivity index (χ1v) is 9.28. The molecule has 0 spiro atoms. The van der Waals surface area contributed by atoms with E-state index in [0.29, 0.717) is 34.8 Å². The van der Waals surface area contributed by atoms with Crippen molar-refractivity contribution in [3.05, 3.63) is 63.6 Å². The van der Waals surface area contributed by atoms with Crippen molar-refractivity contribution in [2.45, 2.75) is 27.7 Å². The van der Waals surface area contributed by atoms with Crippen LogP contribution in [-0.2, 0) is 14.3 Å². The summed E-state index contributed by atoms with van der Waals surface area (Å²) in [6, 6.07) is 4.62. The number of nitrogens with one attached hydrogen (secondary N) is 1. The molecule has 0 heterocycles. The van der Waals surface area contributed by atoms with Gasteiger partial charge in [0.1, 0.15) is 0 Å². The summed E-state index contributed by atoms with van der Waals surface area (Å²) in [5.74, 6) is -0.619. The van der Waals surface area contributed by atoms with Crippen LogP contribution in [0.5, 0.6) is 0 Å². The average molecular weight is 438 g/mol. The lowest BCUT2D eigenvalue weighted by Crippen LogP contribution is -2.16. The van der Waals surface area contributed by atoms with Crippen LogP contribution in [0.1, 0.15) is 38.1 Å². The summed E-state index contributed by atoms with van der Waals surface area (Å²) in [4.78, 5) is 23.9. The largest absolute Gasteiger partial charge is 0.490 e. The lowest BCUT2D eigenvalue weighted by atomic mass is 10.1. The zero-order valence-electron chi connectivity index (χ0n) is 15.8. The molecule has 0 fully saturated rings. The minimum Gasteiger partial charge on any atom is -0.490 e. The maximum atomic E-state index is 12.5. The smallest absolute Gasteiger partial charge is 0.337 e. The topological polar surface area (TPSA) is 84.9 Å². The number of anilines is 1. The second kappa shape index (κ2) is 11.2. The summed E-state index contributed by atoms with van der Waals surface area (Å²) in [6.45, 7) is 8.03. The molecular weight excluding hydrogens is 414 g/mol. The number of rotatable bonds is 9. The molecule has 0 saturated carbocycles. The van der Waals surface area contributed by atoms with Crippen LogP contribution >= 0.6 is 15.9 Å². The van der Waals surface area contributed by atoms with Gasteiger partial charge in [-0.05, 0) is 58.0 Å².